The van der Waals surface area contributed by atoms with Gasteiger partial charge in [-0.15, -0.1) is 0 Å². The molecule has 18 heavy (non-hydrogen) atoms. The molecule has 4 heteroatoms. The van der Waals surface area contributed by atoms with Crippen molar-refractivity contribution in [2.45, 2.75) is 26.9 Å². The molecule has 4 nitrogen and oxygen atoms in total. The van der Waals surface area contributed by atoms with Crippen molar-refractivity contribution in [1.82, 2.24) is 0 Å². The third-order valence-corrected chi connectivity index (χ3v) is 2.66. The van der Waals surface area contributed by atoms with E-state index in [1.807, 2.05) is 44.1 Å². The predicted molar refractivity (Wildman–Crippen MR) is 72.2 cm³/mol. The highest BCUT2D eigenvalue weighted by atomic mass is 16.6. The second-order valence-electron chi connectivity index (χ2n) is 4.31. The van der Waals surface area contributed by atoms with Crippen LogP contribution in [0.2, 0.25) is 0 Å². The van der Waals surface area contributed by atoms with Gasteiger partial charge in [-0.3, -0.25) is 0 Å². The number of anilines is 1. The van der Waals surface area contributed by atoms with Crippen LogP contribution >= 0.6 is 0 Å². The largest absolute Gasteiger partial charge is 0.479 e. The van der Waals surface area contributed by atoms with Crippen molar-refractivity contribution in [2.24, 2.45) is 0 Å². The van der Waals surface area contributed by atoms with Crippen LogP contribution in [0.15, 0.2) is 18.2 Å². The van der Waals surface area contributed by atoms with Gasteiger partial charge in [0.1, 0.15) is 5.75 Å². The summed E-state index contributed by atoms with van der Waals surface area (Å²) in [6.07, 6.45) is -0.596. The van der Waals surface area contributed by atoms with Gasteiger partial charge in [-0.25, -0.2) is 4.79 Å². The Bertz CT molecular complexity index is 416. The molecule has 1 atom stereocenters. The van der Waals surface area contributed by atoms with E-state index in [1.165, 1.54) is 0 Å². The number of hydrogen-bond donors (Lipinski definition) is 0. The molecule has 0 fully saturated rings. The van der Waals surface area contributed by atoms with Crippen molar-refractivity contribution >= 4 is 11.7 Å². The Morgan fingerprint density at radius 2 is 2.06 bits per heavy atom. The zero-order valence-corrected chi connectivity index (χ0v) is 11.7. The molecule has 0 radical (unpaired) electrons. The molecule has 0 N–H and O–H groups in total. The second-order valence-corrected chi connectivity index (χ2v) is 4.31. The number of carbonyl (C=O) groups excluding carboxylic acids is 1. The van der Waals surface area contributed by atoms with Crippen molar-refractivity contribution in [3.63, 3.8) is 0 Å². The van der Waals surface area contributed by atoms with E-state index in [1.54, 1.807) is 13.8 Å². The number of esters is 1. The van der Waals surface area contributed by atoms with E-state index in [9.17, 15) is 4.79 Å². The zero-order valence-electron chi connectivity index (χ0n) is 11.7. The van der Waals surface area contributed by atoms with Crippen LogP contribution < -0.4 is 9.64 Å². The second kappa shape index (κ2) is 6.28. The fraction of sp³-hybridized carbons (Fsp3) is 0.500. The summed E-state index contributed by atoms with van der Waals surface area (Å²) in [5, 5.41) is 0. The van der Waals surface area contributed by atoms with Crippen LogP contribution in [0, 0.1) is 6.92 Å². The molecule has 0 aliphatic carbocycles. The third-order valence-electron chi connectivity index (χ3n) is 2.66. The maximum absolute atomic E-state index is 11.5. The van der Waals surface area contributed by atoms with Gasteiger partial charge in [0.05, 0.1) is 6.61 Å². The van der Waals surface area contributed by atoms with Gasteiger partial charge in [-0.1, -0.05) is 6.07 Å². The van der Waals surface area contributed by atoms with Crippen LogP contribution in [-0.4, -0.2) is 32.8 Å². The van der Waals surface area contributed by atoms with Gasteiger partial charge in [0.2, 0.25) is 0 Å². The summed E-state index contributed by atoms with van der Waals surface area (Å²) in [5.74, 6) is 0.369. The summed E-state index contributed by atoms with van der Waals surface area (Å²) >= 11 is 0. The first-order valence-electron chi connectivity index (χ1n) is 6.07. The summed E-state index contributed by atoms with van der Waals surface area (Å²) < 4.78 is 10.6. The summed E-state index contributed by atoms with van der Waals surface area (Å²) in [7, 11) is 3.95. The van der Waals surface area contributed by atoms with Gasteiger partial charge in [-0.2, -0.15) is 0 Å². The Morgan fingerprint density at radius 1 is 1.39 bits per heavy atom. The fourth-order valence-electron chi connectivity index (χ4n) is 1.71. The fourth-order valence-corrected chi connectivity index (χ4v) is 1.71. The highest BCUT2D eigenvalue weighted by molar-refractivity contribution is 5.74. The highest BCUT2D eigenvalue weighted by Gasteiger charge is 2.17. The van der Waals surface area contributed by atoms with Crippen LogP contribution in [0.1, 0.15) is 19.4 Å². The van der Waals surface area contributed by atoms with Gasteiger partial charge in [0.15, 0.2) is 6.10 Å². The average molecular weight is 251 g/mol. The molecule has 0 saturated heterocycles. The number of ether oxygens (including phenoxy) is 2. The molecule has 0 aromatic heterocycles. The molecule has 1 aromatic carbocycles. The van der Waals surface area contributed by atoms with E-state index in [0.29, 0.717) is 12.4 Å². The third kappa shape index (κ3) is 3.39. The Kier molecular flexibility index (Phi) is 5.01. The van der Waals surface area contributed by atoms with Gasteiger partial charge in [0, 0.05) is 25.3 Å². The molecular formula is C14H21NO3. The molecule has 0 heterocycles. The number of nitrogens with zero attached hydrogens (tertiary/aromatic N) is 1. The topological polar surface area (TPSA) is 38.8 Å². The summed E-state index contributed by atoms with van der Waals surface area (Å²) in [6.45, 7) is 5.81. The van der Waals surface area contributed by atoms with E-state index < -0.39 is 6.10 Å². The van der Waals surface area contributed by atoms with Crippen molar-refractivity contribution < 1.29 is 14.3 Å². The Labute approximate surface area is 108 Å². The van der Waals surface area contributed by atoms with Crippen molar-refractivity contribution in [3.05, 3.63) is 23.8 Å². The number of hydrogen-bond acceptors (Lipinski definition) is 4. The van der Waals surface area contributed by atoms with Gasteiger partial charge in [-0.05, 0) is 32.9 Å². The van der Waals surface area contributed by atoms with Gasteiger partial charge >= 0.3 is 5.97 Å². The normalized spacial score (nSPS) is 11.8. The van der Waals surface area contributed by atoms with Gasteiger partial charge in [0.25, 0.3) is 0 Å². The lowest BCUT2D eigenvalue weighted by molar-refractivity contribution is -0.150. The number of carbonyl (C=O) groups is 1. The van der Waals surface area contributed by atoms with E-state index in [0.717, 1.165) is 11.3 Å². The van der Waals surface area contributed by atoms with Crippen molar-refractivity contribution in [1.29, 1.82) is 0 Å². The van der Waals surface area contributed by atoms with E-state index in [4.69, 9.17) is 9.47 Å². The van der Waals surface area contributed by atoms with Crippen molar-refractivity contribution in [3.8, 4) is 5.75 Å². The molecule has 0 spiro atoms. The van der Waals surface area contributed by atoms with Gasteiger partial charge < -0.3 is 14.4 Å². The summed E-state index contributed by atoms with van der Waals surface area (Å²) in [5.41, 5.74) is 2.09. The molecule has 0 unspecified atom stereocenters. The molecule has 0 amide bonds. The standard InChI is InChI=1S/C14H21NO3/c1-6-17-14(16)11(3)18-13-9-7-8-12(10(13)2)15(4)5/h7-9,11H,6H2,1-5H3/t11-/m1/s1. The van der Waals surface area contributed by atoms with E-state index in [2.05, 4.69) is 0 Å². The predicted octanol–water partition coefficient (Wildman–Crippen LogP) is 2.39. The van der Waals surface area contributed by atoms with Crippen LogP contribution in [-0.2, 0) is 9.53 Å². The number of benzene rings is 1. The molecule has 1 aromatic rings. The Morgan fingerprint density at radius 3 is 2.61 bits per heavy atom. The lowest BCUT2D eigenvalue weighted by Gasteiger charge is -2.20. The Balaban J connectivity index is 2.85. The molecule has 100 valence electrons. The van der Waals surface area contributed by atoms with E-state index in [-0.39, 0.29) is 5.97 Å². The average Bonchev–Trinajstić information content (AvgIpc) is 2.31. The SMILES string of the molecule is CCOC(=O)[C@@H](C)Oc1cccc(N(C)C)c1C. The smallest absolute Gasteiger partial charge is 0.347 e. The zero-order chi connectivity index (χ0) is 13.7. The van der Waals surface area contributed by atoms with Crippen LogP contribution in [0.25, 0.3) is 0 Å². The maximum atomic E-state index is 11.5. The van der Waals surface area contributed by atoms with Crippen LogP contribution in [0.3, 0.4) is 0 Å². The summed E-state index contributed by atoms with van der Waals surface area (Å²) in [4.78, 5) is 13.5. The lowest BCUT2D eigenvalue weighted by Crippen LogP contribution is -2.26. The Hall–Kier alpha value is -1.71. The first-order chi connectivity index (χ1) is 8.47. The minimum atomic E-state index is -0.596. The minimum Gasteiger partial charge on any atom is -0.479 e. The van der Waals surface area contributed by atoms with E-state index >= 15 is 0 Å². The lowest BCUT2D eigenvalue weighted by atomic mass is 10.1. The highest BCUT2D eigenvalue weighted by Crippen LogP contribution is 2.27. The summed E-state index contributed by atoms with van der Waals surface area (Å²) in [6, 6.07) is 5.78. The molecule has 0 saturated carbocycles. The molecule has 0 aliphatic heterocycles. The van der Waals surface area contributed by atoms with Crippen LogP contribution in [0.5, 0.6) is 5.75 Å². The molecule has 0 aliphatic rings. The number of rotatable bonds is 5. The maximum Gasteiger partial charge on any atom is 0.347 e. The molecule has 0 bridgehead atoms. The minimum absolute atomic E-state index is 0.341. The quantitative estimate of drug-likeness (QED) is 0.753. The monoisotopic (exact) mass is 251 g/mol. The molecular weight excluding hydrogens is 230 g/mol. The first-order valence-corrected chi connectivity index (χ1v) is 6.07. The first kappa shape index (κ1) is 14.4. The molecule has 1 rings (SSSR count). The van der Waals surface area contributed by atoms with Crippen molar-refractivity contribution in [2.75, 3.05) is 25.6 Å². The van der Waals surface area contributed by atoms with Crippen LogP contribution in [0.4, 0.5) is 5.69 Å².